The van der Waals surface area contributed by atoms with E-state index in [2.05, 4.69) is 5.10 Å². The predicted molar refractivity (Wildman–Crippen MR) is 127 cm³/mol. The molecule has 1 fully saturated rings. The number of benzene rings is 2. The van der Waals surface area contributed by atoms with Crippen molar-refractivity contribution in [2.75, 3.05) is 13.1 Å². The van der Waals surface area contributed by atoms with Gasteiger partial charge in [-0.15, -0.1) is 0 Å². The Bertz CT molecular complexity index is 1300. The SMILES string of the molecule is Cc1cc(C)n(CC(=O)N2CC(OC(C)c3cc(C(F)(F)F)cc(C(F)(F)F)c3)C(c3ccc(F)cc3)C2)n1. The average Bonchev–Trinajstić information content (AvgIpc) is 3.40. The maximum Gasteiger partial charge on any atom is 0.416 e. The molecule has 0 aliphatic carbocycles. The average molecular weight is 558 g/mol. The number of carbonyl (C=O) groups excluding carboxylic acids is 1. The van der Waals surface area contributed by atoms with E-state index >= 15 is 0 Å². The zero-order valence-electron chi connectivity index (χ0n) is 21.3. The van der Waals surface area contributed by atoms with Crippen molar-refractivity contribution in [3.63, 3.8) is 0 Å². The van der Waals surface area contributed by atoms with E-state index in [1.165, 1.54) is 36.1 Å². The lowest BCUT2D eigenvalue weighted by molar-refractivity contribution is -0.143. The van der Waals surface area contributed by atoms with Crippen molar-refractivity contribution in [3.05, 3.63) is 88.0 Å². The molecule has 0 spiro atoms. The van der Waals surface area contributed by atoms with Gasteiger partial charge in [-0.2, -0.15) is 31.4 Å². The van der Waals surface area contributed by atoms with Crippen LogP contribution in [0.5, 0.6) is 0 Å². The van der Waals surface area contributed by atoms with Gasteiger partial charge in [0.1, 0.15) is 12.4 Å². The largest absolute Gasteiger partial charge is 0.416 e. The van der Waals surface area contributed by atoms with Crippen molar-refractivity contribution in [2.24, 2.45) is 0 Å². The third kappa shape index (κ3) is 6.60. The van der Waals surface area contributed by atoms with Crippen molar-refractivity contribution in [1.82, 2.24) is 14.7 Å². The summed E-state index contributed by atoms with van der Waals surface area (Å²) < 4.78 is 101. The molecule has 0 radical (unpaired) electrons. The Morgan fingerprint density at radius 3 is 2.08 bits per heavy atom. The van der Waals surface area contributed by atoms with Crippen LogP contribution in [0.3, 0.4) is 0 Å². The number of amides is 1. The summed E-state index contributed by atoms with van der Waals surface area (Å²) in [7, 11) is 0. The van der Waals surface area contributed by atoms with Gasteiger partial charge in [-0.1, -0.05) is 12.1 Å². The number of rotatable bonds is 6. The van der Waals surface area contributed by atoms with Crippen LogP contribution in [0, 0.1) is 19.7 Å². The number of aromatic nitrogens is 2. The van der Waals surface area contributed by atoms with Crippen LogP contribution in [0.15, 0.2) is 48.5 Å². The van der Waals surface area contributed by atoms with Gasteiger partial charge in [0, 0.05) is 24.7 Å². The summed E-state index contributed by atoms with van der Waals surface area (Å²) in [5, 5.41) is 4.28. The highest BCUT2D eigenvalue weighted by Crippen LogP contribution is 2.39. The van der Waals surface area contributed by atoms with Gasteiger partial charge in [0.15, 0.2) is 0 Å². The van der Waals surface area contributed by atoms with E-state index in [9.17, 15) is 35.5 Å². The lowest BCUT2D eigenvalue weighted by Crippen LogP contribution is -2.33. The number of aryl methyl sites for hydroxylation is 2. The van der Waals surface area contributed by atoms with E-state index in [0.29, 0.717) is 17.7 Å². The molecule has 2 heterocycles. The molecule has 3 aromatic rings. The second-order valence-corrected chi connectivity index (χ2v) is 9.70. The molecule has 39 heavy (non-hydrogen) atoms. The number of nitrogens with zero attached hydrogens (tertiary/aromatic N) is 3. The first-order chi connectivity index (χ1) is 18.1. The topological polar surface area (TPSA) is 47.4 Å². The molecule has 1 saturated heterocycles. The first-order valence-corrected chi connectivity index (χ1v) is 12.1. The van der Waals surface area contributed by atoms with Crippen LogP contribution in [0.1, 0.15) is 52.6 Å². The number of ether oxygens (including phenoxy) is 1. The quantitative estimate of drug-likeness (QED) is 0.328. The van der Waals surface area contributed by atoms with E-state index in [1.54, 1.807) is 18.5 Å². The molecule has 210 valence electrons. The molecular weight excluding hydrogens is 531 g/mol. The second-order valence-electron chi connectivity index (χ2n) is 9.70. The lowest BCUT2D eigenvalue weighted by atomic mass is 9.95. The summed E-state index contributed by atoms with van der Waals surface area (Å²) in [6, 6.07) is 8.64. The number of likely N-dealkylation sites (tertiary alicyclic amines) is 1. The number of hydrogen-bond acceptors (Lipinski definition) is 3. The highest BCUT2D eigenvalue weighted by molar-refractivity contribution is 5.76. The van der Waals surface area contributed by atoms with E-state index in [0.717, 1.165) is 11.4 Å². The standard InChI is InChI=1S/C27H26F7N3O2/c1-15-8-16(2)37(35-15)14-25(38)36-12-23(18-4-6-22(28)7-5-18)24(13-36)39-17(3)19-9-20(26(29,30)31)11-21(10-19)27(32,33)34/h4-11,17,23-24H,12-14H2,1-3H3. The summed E-state index contributed by atoms with van der Waals surface area (Å²) in [5.41, 5.74) is -1.05. The number of hydrogen-bond donors (Lipinski definition) is 0. The van der Waals surface area contributed by atoms with Gasteiger partial charge in [-0.25, -0.2) is 4.39 Å². The minimum Gasteiger partial charge on any atom is -0.368 e. The second kappa shape index (κ2) is 10.6. The maximum atomic E-state index is 13.6. The first-order valence-electron chi connectivity index (χ1n) is 12.1. The number of alkyl halides is 6. The highest BCUT2D eigenvalue weighted by atomic mass is 19.4. The van der Waals surface area contributed by atoms with Crippen LogP contribution in [0.4, 0.5) is 30.7 Å². The molecule has 3 unspecified atom stereocenters. The Balaban J connectivity index is 1.61. The summed E-state index contributed by atoms with van der Waals surface area (Å²) in [5.74, 6) is -1.26. The first kappa shape index (κ1) is 28.6. The summed E-state index contributed by atoms with van der Waals surface area (Å²) in [4.78, 5) is 14.6. The molecule has 1 amide bonds. The van der Waals surface area contributed by atoms with Crippen molar-refractivity contribution in [3.8, 4) is 0 Å². The minimum absolute atomic E-state index is 0.0373. The molecule has 4 rings (SSSR count). The molecule has 5 nitrogen and oxygen atoms in total. The van der Waals surface area contributed by atoms with E-state index in [1.807, 2.05) is 6.07 Å². The van der Waals surface area contributed by atoms with E-state index in [-0.39, 0.29) is 37.2 Å². The van der Waals surface area contributed by atoms with Crippen LogP contribution < -0.4 is 0 Å². The molecular formula is C27H26F7N3O2. The lowest BCUT2D eigenvalue weighted by Gasteiger charge is -2.25. The van der Waals surface area contributed by atoms with Gasteiger partial charge in [0.05, 0.1) is 29.0 Å². The number of carbonyl (C=O) groups is 1. The zero-order valence-corrected chi connectivity index (χ0v) is 21.3. The fourth-order valence-electron chi connectivity index (χ4n) is 4.76. The Morgan fingerprint density at radius 2 is 1.56 bits per heavy atom. The highest BCUT2D eigenvalue weighted by Gasteiger charge is 2.40. The fourth-order valence-corrected chi connectivity index (χ4v) is 4.76. The predicted octanol–water partition coefficient (Wildman–Crippen LogP) is 6.45. The summed E-state index contributed by atoms with van der Waals surface area (Å²) in [6.07, 6.45) is -11.9. The molecule has 1 aromatic heterocycles. The Labute approximate surface area is 220 Å². The third-order valence-corrected chi connectivity index (χ3v) is 6.76. The van der Waals surface area contributed by atoms with Gasteiger partial charge in [-0.3, -0.25) is 9.48 Å². The molecule has 0 N–H and O–H groups in total. The van der Waals surface area contributed by atoms with Crippen LogP contribution >= 0.6 is 0 Å². The van der Waals surface area contributed by atoms with Gasteiger partial charge in [-0.05, 0) is 68.3 Å². The smallest absolute Gasteiger partial charge is 0.368 e. The fraction of sp³-hybridized carbons (Fsp3) is 0.407. The maximum absolute atomic E-state index is 13.6. The molecule has 2 aromatic carbocycles. The summed E-state index contributed by atoms with van der Waals surface area (Å²) >= 11 is 0. The van der Waals surface area contributed by atoms with Crippen LogP contribution in [-0.4, -0.2) is 39.8 Å². The van der Waals surface area contributed by atoms with Crippen molar-refractivity contribution < 1.29 is 40.3 Å². The molecule has 1 aliphatic heterocycles. The van der Waals surface area contributed by atoms with Crippen molar-refractivity contribution >= 4 is 5.91 Å². The van der Waals surface area contributed by atoms with Crippen LogP contribution in [0.25, 0.3) is 0 Å². The van der Waals surface area contributed by atoms with Gasteiger partial charge in [0.25, 0.3) is 0 Å². The van der Waals surface area contributed by atoms with E-state index < -0.39 is 47.4 Å². The third-order valence-electron chi connectivity index (χ3n) is 6.76. The van der Waals surface area contributed by atoms with Gasteiger partial charge < -0.3 is 9.64 Å². The van der Waals surface area contributed by atoms with Crippen molar-refractivity contribution in [2.45, 2.75) is 57.8 Å². The molecule has 12 heteroatoms. The normalized spacial score (nSPS) is 19.0. The molecule has 0 saturated carbocycles. The van der Waals surface area contributed by atoms with Crippen LogP contribution in [0.2, 0.25) is 0 Å². The Hall–Kier alpha value is -3.41. The molecule has 3 atom stereocenters. The van der Waals surface area contributed by atoms with E-state index in [4.69, 9.17) is 4.74 Å². The number of halogens is 7. The minimum atomic E-state index is -4.99. The molecule has 0 bridgehead atoms. The Kier molecular flexibility index (Phi) is 7.79. The van der Waals surface area contributed by atoms with Gasteiger partial charge >= 0.3 is 12.4 Å². The zero-order chi connectivity index (χ0) is 28.7. The summed E-state index contributed by atoms with van der Waals surface area (Å²) in [6.45, 7) is 5.10. The van der Waals surface area contributed by atoms with Crippen LogP contribution in [-0.2, 0) is 28.4 Å². The monoisotopic (exact) mass is 557 g/mol. The molecule has 1 aliphatic rings. The van der Waals surface area contributed by atoms with Crippen molar-refractivity contribution in [1.29, 1.82) is 0 Å². The Morgan fingerprint density at radius 1 is 0.974 bits per heavy atom. The van der Waals surface area contributed by atoms with Gasteiger partial charge in [0.2, 0.25) is 5.91 Å².